The van der Waals surface area contributed by atoms with Crippen LogP contribution < -0.4 is 9.62 Å². The van der Waals surface area contributed by atoms with Crippen LogP contribution in [-0.2, 0) is 22.6 Å². The van der Waals surface area contributed by atoms with E-state index in [1.807, 2.05) is 23.7 Å². The molecule has 1 aliphatic rings. The summed E-state index contributed by atoms with van der Waals surface area (Å²) in [6.07, 6.45) is 0.213. The molecule has 2 heterocycles. The lowest BCUT2D eigenvalue weighted by Gasteiger charge is -2.48. The number of aromatic nitrogens is 2. The van der Waals surface area contributed by atoms with Gasteiger partial charge in [0.15, 0.2) is 4.90 Å². The largest absolute Gasteiger partial charge is 0.416 e. The third kappa shape index (κ3) is 6.35. The van der Waals surface area contributed by atoms with Crippen LogP contribution >= 0.6 is 0 Å². The van der Waals surface area contributed by atoms with Crippen LogP contribution in [-0.4, -0.2) is 56.0 Å². The lowest BCUT2D eigenvalue weighted by molar-refractivity contribution is -0.138. The molecule has 0 bridgehead atoms. The summed E-state index contributed by atoms with van der Waals surface area (Å²) in [5.41, 5.74) is -0.266. The monoisotopic (exact) mass is 583 g/mol. The molecule has 1 atom stereocenters. The van der Waals surface area contributed by atoms with Crippen LogP contribution in [0.4, 0.5) is 33.5 Å². The maximum absolute atomic E-state index is 15.1. The number of nitrogens with one attached hydrogen (secondary N) is 1. The predicted molar refractivity (Wildman–Crippen MR) is 142 cm³/mol. The van der Waals surface area contributed by atoms with Gasteiger partial charge in [-0.15, -0.1) is 0 Å². The molecule has 0 unspecified atom stereocenters. The van der Waals surface area contributed by atoms with Gasteiger partial charge < -0.3 is 9.80 Å². The summed E-state index contributed by atoms with van der Waals surface area (Å²) in [5, 5.41) is 0. The van der Waals surface area contributed by atoms with Crippen LogP contribution in [0.25, 0.3) is 0 Å². The summed E-state index contributed by atoms with van der Waals surface area (Å²) in [7, 11) is -0.871. The molecule has 40 heavy (non-hydrogen) atoms. The van der Waals surface area contributed by atoms with E-state index >= 15 is 8.78 Å². The minimum Gasteiger partial charge on any atom is -0.370 e. The average Bonchev–Trinajstić information content (AvgIpc) is 2.87. The summed E-state index contributed by atoms with van der Waals surface area (Å²) in [4.78, 5) is 10.0. The molecule has 1 aliphatic heterocycles. The van der Waals surface area contributed by atoms with Crippen molar-refractivity contribution in [2.45, 2.75) is 49.2 Å². The first-order chi connectivity index (χ1) is 18.7. The fourth-order valence-corrected chi connectivity index (χ4v) is 6.29. The number of aryl methyl sites for hydroxylation is 2. The molecule has 1 aromatic heterocycles. The molecule has 0 aliphatic carbocycles. The lowest BCUT2D eigenvalue weighted by Crippen LogP contribution is -2.56. The molecule has 0 radical (unpaired) electrons. The summed E-state index contributed by atoms with van der Waals surface area (Å²) in [6.45, 7) is 2.25. The van der Waals surface area contributed by atoms with Crippen molar-refractivity contribution in [3.05, 3.63) is 77.2 Å². The van der Waals surface area contributed by atoms with Crippen molar-refractivity contribution in [3.63, 3.8) is 0 Å². The van der Waals surface area contributed by atoms with E-state index < -0.39 is 43.8 Å². The fourth-order valence-electron chi connectivity index (χ4n) is 5.16. The number of benzene rings is 2. The molecule has 13 heteroatoms. The van der Waals surface area contributed by atoms with Gasteiger partial charge in [0.05, 0.1) is 5.56 Å². The van der Waals surface area contributed by atoms with Crippen molar-refractivity contribution in [1.29, 1.82) is 0 Å². The number of rotatable bonds is 8. The summed E-state index contributed by atoms with van der Waals surface area (Å²) in [5.74, 6) is -2.64. The van der Waals surface area contributed by atoms with Crippen LogP contribution in [0.1, 0.15) is 36.0 Å². The van der Waals surface area contributed by atoms with Crippen LogP contribution in [0.15, 0.2) is 53.8 Å². The van der Waals surface area contributed by atoms with Gasteiger partial charge in [-0.1, -0.05) is 12.1 Å². The number of piperidine rings is 1. The van der Waals surface area contributed by atoms with E-state index in [0.29, 0.717) is 37.9 Å². The molecule has 0 saturated carbocycles. The van der Waals surface area contributed by atoms with Gasteiger partial charge in [-0.05, 0) is 82.1 Å². The Hall–Kier alpha value is -3.32. The maximum Gasteiger partial charge on any atom is 0.416 e. The van der Waals surface area contributed by atoms with Crippen LogP contribution in [0.3, 0.4) is 0 Å². The minimum atomic E-state index is -4.61. The van der Waals surface area contributed by atoms with E-state index in [9.17, 15) is 21.6 Å². The van der Waals surface area contributed by atoms with Gasteiger partial charge in [0, 0.05) is 30.5 Å². The van der Waals surface area contributed by atoms with E-state index in [0.717, 1.165) is 24.9 Å². The highest BCUT2D eigenvalue weighted by molar-refractivity contribution is 7.92. The Morgan fingerprint density at radius 3 is 2.40 bits per heavy atom. The van der Waals surface area contributed by atoms with E-state index in [-0.39, 0.29) is 17.1 Å². The van der Waals surface area contributed by atoms with Gasteiger partial charge in [-0.25, -0.2) is 27.2 Å². The molecule has 1 saturated heterocycles. The molecule has 3 aromatic rings. The predicted octanol–water partition coefficient (Wildman–Crippen LogP) is 5.42. The third-order valence-electron chi connectivity index (χ3n) is 7.43. The first kappa shape index (κ1) is 29.7. The number of nitrogens with zero attached hydrogens (tertiary/aromatic N) is 4. The molecule has 0 spiro atoms. The summed E-state index contributed by atoms with van der Waals surface area (Å²) < 4.78 is 98.0. The molecular formula is C27H30F5N5O2S. The zero-order valence-corrected chi connectivity index (χ0v) is 23.1. The van der Waals surface area contributed by atoms with Crippen molar-refractivity contribution in [1.82, 2.24) is 14.9 Å². The van der Waals surface area contributed by atoms with Crippen LogP contribution in [0.2, 0.25) is 0 Å². The highest BCUT2D eigenvalue weighted by Crippen LogP contribution is 2.36. The standard InChI is InChI=1S/C27H30F5N5O2S/c1-18-5-6-19(13-21(18)27(30,31)32)7-10-26(36(2)3)9-4-12-37(16-26)20-14-22(28)25(23(29)15-20)40(38,39)35-24-8-11-33-17-34-24/h5-6,8,11,13-15,17H,4,7,9-10,12,16H2,1-3H3,(H,33,34,35)/t26-/m1/s1. The lowest BCUT2D eigenvalue weighted by atomic mass is 9.82. The van der Waals surface area contributed by atoms with Crippen LogP contribution in [0.5, 0.6) is 0 Å². The van der Waals surface area contributed by atoms with Crippen molar-refractivity contribution < 1.29 is 30.4 Å². The number of hydrogen-bond donors (Lipinski definition) is 1. The molecule has 1 fully saturated rings. The molecule has 1 N–H and O–H groups in total. The summed E-state index contributed by atoms with van der Waals surface area (Å²) >= 11 is 0. The Kier molecular flexibility index (Phi) is 8.36. The SMILES string of the molecule is Cc1ccc(CC[C@]2(N(C)C)CCCN(c3cc(F)c(S(=O)(=O)Nc4ccncn4)c(F)c3)C2)cc1C(F)(F)F. The van der Waals surface area contributed by atoms with Crippen molar-refractivity contribution in [2.24, 2.45) is 0 Å². The second-order valence-corrected chi connectivity index (χ2v) is 11.8. The molecule has 216 valence electrons. The Bertz CT molecular complexity index is 1440. The highest BCUT2D eigenvalue weighted by Gasteiger charge is 2.38. The van der Waals surface area contributed by atoms with E-state index in [1.54, 1.807) is 11.0 Å². The van der Waals surface area contributed by atoms with Gasteiger partial charge in [0.25, 0.3) is 10.0 Å². The topological polar surface area (TPSA) is 78.4 Å². The number of anilines is 2. The highest BCUT2D eigenvalue weighted by atomic mass is 32.2. The zero-order chi connectivity index (χ0) is 29.3. The number of alkyl halides is 3. The van der Waals surface area contributed by atoms with Crippen molar-refractivity contribution in [3.8, 4) is 0 Å². The number of halogens is 5. The Morgan fingerprint density at radius 2 is 1.80 bits per heavy atom. The quantitative estimate of drug-likeness (QED) is 0.357. The van der Waals surface area contributed by atoms with E-state index in [4.69, 9.17) is 0 Å². The fraction of sp³-hybridized carbons (Fsp3) is 0.407. The molecular weight excluding hydrogens is 553 g/mol. The van der Waals surface area contributed by atoms with Crippen molar-refractivity contribution >= 4 is 21.5 Å². The number of likely N-dealkylation sites (N-methyl/N-ethyl adjacent to an activating group) is 1. The van der Waals surface area contributed by atoms with Gasteiger partial charge in [-0.3, -0.25) is 4.72 Å². The number of sulfonamides is 1. The van der Waals surface area contributed by atoms with Crippen LogP contribution in [0, 0.1) is 18.6 Å². The average molecular weight is 584 g/mol. The third-order valence-corrected chi connectivity index (χ3v) is 8.83. The normalized spacial score (nSPS) is 18.3. The first-order valence-corrected chi connectivity index (χ1v) is 14.1. The Labute approximate surface area is 230 Å². The van der Waals surface area contributed by atoms with Gasteiger partial charge in [0.1, 0.15) is 23.8 Å². The van der Waals surface area contributed by atoms with Gasteiger partial charge in [-0.2, -0.15) is 13.2 Å². The Morgan fingerprint density at radius 1 is 1.10 bits per heavy atom. The van der Waals surface area contributed by atoms with Gasteiger partial charge >= 0.3 is 6.18 Å². The molecule has 0 amide bonds. The van der Waals surface area contributed by atoms with E-state index in [1.165, 1.54) is 31.3 Å². The second kappa shape index (κ2) is 11.3. The molecule has 4 rings (SSSR count). The molecule has 2 aromatic carbocycles. The number of hydrogen-bond acceptors (Lipinski definition) is 6. The minimum absolute atomic E-state index is 0.138. The van der Waals surface area contributed by atoms with Gasteiger partial charge in [0.2, 0.25) is 0 Å². The van der Waals surface area contributed by atoms with E-state index in [2.05, 4.69) is 9.97 Å². The van der Waals surface area contributed by atoms with Crippen molar-refractivity contribution in [2.75, 3.05) is 36.8 Å². The second-order valence-electron chi connectivity index (χ2n) is 10.2. The maximum atomic E-state index is 15.1. The Balaban J connectivity index is 1.57. The molecule has 7 nitrogen and oxygen atoms in total. The first-order valence-electron chi connectivity index (χ1n) is 12.6. The summed E-state index contributed by atoms with van der Waals surface area (Å²) in [6, 6.07) is 7.55. The smallest absolute Gasteiger partial charge is 0.370 e. The zero-order valence-electron chi connectivity index (χ0n) is 22.3.